The minimum atomic E-state index is -0.442. The molecule has 1 saturated heterocycles. The highest BCUT2D eigenvalue weighted by Crippen LogP contribution is 2.09. The Morgan fingerprint density at radius 1 is 1.50 bits per heavy atom. The predicted octanol–water partition coefficient (Wildman–Crippen LogP) is -0.148. The lowest BCUT2D eigenvalue weighted by molar-refractivity contribution is -0.136. The minimum Gasteiger partial charge on any atom is -0.368 e. The van der Waals surface area contributed by atoms with E-state index in [1.807, 2.05) is 0 Å². The molecule has 0 bridgehead atoms. The highest BCUT2D eigenvalue weighted by atomic mass is 16.2. The van der Waals surface area contributed by atoms with Gasteiger partial charge < -0.3 is 16.0 Å². The molecule has 1 rings (SSSR count). The SMILES string of the molecule is CCCCN(CC(N)=O)C(=O)[C@@H]1CCCN1. The first-order valence-electron chi connectivity index (χ1n) is 5.95. The van der Waals surface area contributed by atoms with Crippen LogP contribution < -0.4 is 11.1 Å². The summed E-state index contributed by atoms with van der Waals surface area (Å²) >= 11 is 0. The lowest BCUT2D eigenvalue weighted by Crippen LogP contribution is -2.47. The van der Waals surface area contributed by atoms with Gasteiger partial charge in [-0.3, -0.25) is 9.59 Å². The first-order chi connectivity index (χ1) is 7.65. The molecular formula is C11H21N3O2. The molecule has 92 valence electrons. The van der Waals surface area contributed by atoms with Crippen LogP contribution in [0.3, 0.4) is 0 Å². The first kappa shape index (κ1) is 13.0. The second-order valence-electron chi connectivity index (χ2n) is 4.23. The number of amides is 2. The molecule has 1 heterocycles. The van der Waals surface area contributed by atoms with Gasteiger partial charge in [0.2, 0.25) is 11.8 Å². The van der Waals surface area contributed by atoms with Gasteiger partial charge in [0.1, 0.15) is 0 Å². The second-order valence-corrected chi connectivity index (χ2v) is 4.23. The second kappa shape index (κ2) is 6.48. The summed E-state index contributed by atoms with van der Waals surface area (Å²) in [7, 11) is 0. The van der Waals surface area contributed by atoms with Crippen LogP contribution in [0, 0.1) is 0 Å². The standard InChI is InChI=1S/C11H21N3O2/c1-2-3-7-14(8-10(12)15)11(16)9-5-4-6-13-9/h9,13H,2-8H2,1H3,(H2,12,15)/t9-/m0/s1. The summed E-state index contributed by atoms with van der Waals surface area (Å²) in [5, 5.41) is 3.14. The molecule has 0 unspecified atom stereocenters. The summed E-state index contributed by atoms with van der Waals surface area (Å²) < 4.78 is 0. The van der Waals surface area contributed by atoms with Crippen molar-refractivity contribution in [2.24, 2.45) is 5.73 Å². The van der Waals surface area contributed by atoms with Crippen molar-refractivity contribution >= 4 is 11.8 Å². The third-order valence-electron chi connectivity index (χ3n) is 2.80. The van der Waals surface area contributed by atoms with Gasteiger partial charge in [-0.05, 0) is 25.8 Å². The van der Waals surface area contributed by atoms with Crippen molar-refractivity contribution in [2.75, 3.05) is 19.6 Å². The molecule has 16 heavy (non-hydrogen) atoms. The Morgan fingerprint density at radius 3 is 2.75 bits per heavy atom. The first-order valence-corrected chi connectivity index (χ1v) is 5.95. The van der Waals surface area contributed by atoms with E-state index in [0.717, 1.165) is 32.2 Å². The van der Waals surface area contributed by atoms with E-state index in [4.69, 9.17) is 5.73 Å². The van der Waals surface area contributed by atoms with E-state index in [9.17, 15) is 9.59 Å². The van der Waals surface area contributed by atoms with Gasteiger partial charge in [-0.1, -0.05) is 13.3 Å². The molecule has 0 spiro atoms. The Balaban J connectivity index is 2.51. The summed E-state index contributed by atoms with van der Waals surface area (Å²) in [5.74, 6) is -0.424. The largest absolute Gasteiger partial charge is 0.368 e. The number of rotatable bonds is 6. The number of nitrogens with two attached hydrogens (primary N) is 1. The number of primary amides is 1. The fraction of sp³-hybridized carbons (Fsp3) is 0.818. The number of hydrogen-bond acceptors (Lipinski definition) is 3. The average Bonchev–Trinajstić information content (AvgIpc) is 2.76. The Kier molecular flexibility index (Phi) is 5.25. The van der Waals surface area contributed by atoms with E-state index >= 15 is 0 Å². The molecule has 0 aromatic heterocycles. The summed E-state index contributed by atoms with van der Waals surface area (Å²) in [4.78, 5) is 24.5. The number of carbonyl (C=O) groups is 2. The molecule has 0 aromatic rings. The van der Waals surface area contributed by atoms with E-state index in [-0.39, 0.29) is 18.5 Å². The minimum absolute atomic E-state index is 0.0183. The van der Waals surface area contributed by atoms with Gasteiger partial charge in [-0.2, -0.15) is 0 Å². The third-order valence-corrected chi connectivity index (χ3v) is 2.80. The molecule has 0 aromatic carbocycles. The number of unbranched alkanes of at least 4 members (excludes halogenated alkanes) is 1. The zero-order chi connectivity index (χ0) is 12.0. The van der Waals surface area contributed by atoms with Gasteiger partial charge in [0.05, 0.1) is 12.6 Å². The summed E-state index contributed by atoms with van der Waals surface area (Å²) in [5.41, 5.74) is 5.15. The lowest BCUT2D eigenvalue weighted by atomic mass is 10.2. The van der Waals surface area contributed by atoms with Crippen LogP contribution in [-0.2, 0) is 9.59 Å². The van der Waals surface area contributed by atoms with Crippen LogP contribution in [0.2, 0.25) is 0 Å². The molecule has 5 nitrogen and oxygen atoms in total. The predicted molar refractivity (Wildman–Crippen MR) is 61.7 cm³/mol. The van der Waals surface area contributed by atoms with Crippen molar-refractivity contribution in [1.29, 1.82) is 0 Å². The van der Waals surface area contributed by atoms with Gasteiger partial charge in [-0.25, -0.2) is 0 Å². The Morgan fingerprint density at radius 2 is 2.25 bits per heavy atom. The maximum atomic E-state index is 12.0. The van der Waals surface area contributed by atoms with Crippen molar-refractivity contribution in [3.05, 3.63) is 0 Å². The fourth-order valence-electron chi connectivity index (χ4n) is 1.92. The van der Waals surface area contributed by atoms with Gasteiger partial charge in [0.25, 0.3) is 0 Å². The van der Waals surface area contributed by atoms with Gasteiger partial charge >= 0.3 is 0 Å². The van der Waals surface area contributed by atoms with Gasteiger partial charge in [0, 0.05) is 6.54 Å². The normalized spacial score (nSPS) is 19.7. The molecule has 1 aliphatic rings. The topological polar surface area (TPSA) is 75.4 Å². The van der Waals surface area contributed by atoms with Crippen molar-refractivity contribution in [2.45, 2.75) is 38.6 Å². The van der Waals surface area contributed by atoms with Crippen LogP contribution in [0.1, 0.15) is 32.6 Å². The molecule has 0 saturated carbocycles. The molecule has 0 aliphatic carbocycles. The smallest absolute Gasteiger partial charge is 0.240 e. The number of nitrogens with zero attached hydrogens (tertiary/aromatic N) is 1. The summed E-state index contributed by atoms with van der Waals surface area (Å²) in [6.07, 6.45) is 3.79. The van der Waals surface area contributed by atoms with Gasteiger partial charge in [-0.15, -0.1) is 0 Å². The highest BCUT2D eigenvalue weighted by Gasteiger charge is 2.27. The zero-order valence-electron chi connectivity index (χ0n) is 9.87. The van der Waals surface area contributed by atoms with Crippen molar-refractivity contribution < 1.29 is 9.59 Å². The van der Waals surface area contributed by atoms with E-state index in [1.54, 1.807) is 4.90 Å². The van der Waals surface area contributed by atoms with Crippen molar-refractivity contribution in [3.63, 3.8) is 0 Å². The number of carbonyl (C=O) groups excluding carboxylic acids is 2. The molecule has 1 aliphatic heterocycles. The Hall–Kier alpha value is -1.10. The summed E-state index contributed by atoms with van der Waals surface area (Å²) in [6, 6.07) is -0.115. The van der Waals surface area contributed by atoms with Crippen LogP contribution >= 0.6 is 0 Å². The molecule has 1 atom stereocenters. The highest BCUT2D eigenvalue weighted by molar-refractivity contribution is 5.87. The average molecular weight is 227 g/mol. The monoisotopic (exact) mass is 227 g/mol. The van der Waals surface area contributed by atoms with Crippen molar-refractivity contribution in [3.8, 4) is 0 Å². The molecule has 0 radical (unpaired) electrons. The lowest BCUT2D eigenvalue weighted by Gasteiger charge is -2.24. The quantitative estimate of drug-likeness (QED) is 0.662. The van der Waals surface area contributed by atoms with Gasteiger partial charge in [0.15, 0.2) is 0 Å². The van der Waals surface area contributed by atoms with Crippen molar-refractivity contribution in [1.82, 2.24) is 10.2 Å². The van der Waals surface area contributed by atoms with Crippen LogP contribution in [0.4, 0.5) is 0 Å². The van der Waals surface area contributed by atoms with E-state index < -0.39 is 5.91 Å². The third kappa shape index (κ3) is 3.81. The fourth-order valence-corrected chi connectivity index (χ4v) is 1.92. The number of hydrogen-bond donors (Lipinski definition) is 2. The summed E-state index contributed by atoms with van der Waals surface area (Å²) in [6.45, 7) is 3.60. The molecule has 1 fully saturated rings. The Bertz CT molecular complexity index is 250. The molecular weight excluding hydrogens is 206 g/mol. The molecule has 5 heteroatoms. The van der Waals surface area contributed by atoms with Crippen LogP contribution in [0.5, 0.6) is 0 Å². The maximum absolute atomic E-state index is 12.0. The zero-order valence-corrected chi connectivity index (χ0v) is 9.87. The van der Waals surface area contributed by atoms with Crippen LogP contribution in [-0.4, -0.2) is 42.4 Å². The van der Waals surface area contributed by atoms with E-state index in [0.29, 0.717) is 6.54 Å². The van der Waals surface area contributed by atoms with Crippen LogP contribution in [0.25, 0.3) is 0 Å². The Labute approximate surface area is 96.4 Å². The molecule has 2 amide bonds. The molecule has 3 N–H and O–H groups in total. The van der Waals surface area contributed by atoms with Crippen LogP contribution in [0.15, 0.2) is 0 Å². The maximum Gasteiger partial charge on any atom is 0.240 e. The van der Waals surface area contributed by atoms with E-state index in [2.05, 4.69) is 12.2 Å². The van der Waals surface area contributed by atoms with E-state index in [1.165, 1.54) is 0 Å². The number of nitrogens with one attached hydrogen (secondary N) is 1.